The molecule has 3 aromatic heterocycles. The van der Waals surface area contributed by atoms with Gasteiger partial charge in [-0.3, -0.25) is 0 Å². The minimum atomic E-state index is 0.844. The largest absolute Gasteiger partial charge is 0.455 e. The number of benzene rings is 6. The Hall–Kier alpha value is -4.42. The van der Waals surface area contributed by atoms with Crippen LogP contribution in [0.2, 0.25) is 0 Å². The predicted molar refractivity (Wildman–Crippen MR) is 178 cm³/mol. The molecule has 0 saturated heterocycles. The molecule has 9 aromatic rings. The molecule has 1 N–H and O–H groups in total. The van der Waals surface area contributed by atoms with Crippen LogP contribution in [0.15, 0.2) is 120 Å². The van der Waals surface area contributed by atoms with Crippen molar-refractivity contribution in [3.8, 4) is 22.3 Å². The van der Waals surface area contributed by atoms with Crippen LogP contribution in [0.1, 0.15) is 0 Å². The summed E-state index contributed by atoms with van der Waals surface area (Å²) in [4.78, 5) is 0. The van der Waals surface area contributed by atoms with Gasteiger partial charge in [0.1, 0.15) is 11.2 Å². The minimum Gasteiger partial charge on any atom is -0.455 e. The lowest BCUT2D eigenvalue weighted by Crippen LogP contribution is -2.12. The fourth-order valence-corrected chi connectivity index (χ4v) is 8.90. The second-order valence-corrected chi connectivity index (χ2v) is 12.5. The smallest absolute Gasteiger partial charge is 0.328 e. The van der Waals surface area contributed by atoms with Gasteiger partial charge in [-0.05, 0) is 16.9 Å². The monoisotopic (exact) mass is 559 g/mol. The summed E-state index contributed by atoms with van der Waals surface area (Å²) in [5.41, 5.74) is 7.20. The van der Waals surface area contributed by atoms with Gasteiger partial charge >= 0.3 is 7.48 Å². The number of hydrogen-bond acceptors (Lipinski definition) is 4. The molecule has 0 amide bonds. The van der Waals surface area contributed by atoms with Crippen LogP contribution in [0.4, 0.5) is 0 Å². The highest BCUT2D eigenvalue weighted by atomic mass is 32.1. The molecule has 1 radical (unpaired) electrons. The van der Waals surface area contributed by atoms with Crippen LogP contribution in [0, 0.1) is 0 Å². The Kier molecular flexibility index (Phi) is 5.00. The first-order valence-corrected chi connectivity index (χ1v) is 15.2. The van der Waals surface area contributed by atoms with Crippen molar-refractivity contribution in [1.82, 2.24) is 0 Å². The highest BCUT2D eigenvalue weighted by Crippen LogP contribution is 2.46. The fourth-order valence-electron chi connectivity index (χ4n) is 6.36. The average molecular weight is 560 g/mol. The molecule has 0 aliphatic rings. The molecule has 0 aliphatic heterocycles. The first kappa shape index (κ1) is 23.3. The molecule has 191 valence electrons. The van der Waals surface area contributed by atoms with Crippen molar-refractivity contribution in [1.29, 1.82) is 0 Å². The van der Waals surface area contributed by atoms with E-state index in [2.05, 4.69) is 103 Å². The summed E-state index contributed by atoms with van der Waals surface area (Å²) in [5, 5.41) is 17.0. The highest BCUT2D eigenvalue weighted by Gasteiger charge is 2.20. The van der Waals surface area contributed by atoms with E-state index in [9.17, 15) is 5.02 Å². The van der Waals surface area contributed by atoms with E-state index in [1.54, 1.807) is 11.3 Å². The summed E-state index contributed by atoms with van der Waals surface area (Å²) in [6, 6.07) is 40.7. The molecule has 0 bridgehead atoms. The van der Waals surface area contributed by atoms with Crippen LogP contribution in [0.5, 0.6) is 0 Å². The van der Waals surface area contributed by atoms with E-state index >= 15 is 0 Å². The Bertz CT molecular complexity index is 2480. The van der Waals surface area contributed by atoms with Gasteiger partial charge in [-0.25, -0.2) is 0 Å². The van der Waals surface area contributed by atoms with Crippen LogP contribution >= 0.6 is 22.7 Å². The van der Waals surface area contributed by atoms with Crippen molar-refractivity contribution < 1.29 is 9.44 Å². The zero-order valence-electron chi connectivity index (χ0n) is 21.7. The van der Waals surface area contributed by atoms with Gasteiger partial charge in [-0.1, -0.05) is 109 Å². The van der Waals surface area contributed by atoms with E-state index in [1.807, 2.05) is 23.5 Å². The molecule has 0 aliphatic carbocycles. The van der Waals surface area contributed by atoms with Crippen LogP contribution in [-0.2, 0) is 0 Å². The standard InChI is InChI=1S/C36H20BO2S2/c38-37-30-18-7-17-29-28-16-6-15-27(35(28)41-36(29)30)24-12-4-10-22-21-9-3-11-23(32(21)39-33(22)24)26-14-5-13-25-20-8-1-2-19-31(20)40-34(25)26/h1-19,38H. The lowest BCUT2D eigenvalue weighted by molar-refractivity contribution is 0.616. The summed E-state index contributed by atoms with van der Waals surface area (Å²) in [6.45, 7) is 0. The van der Waals surface area contributed by atoms with Gasteiger partial charge < -0.3 is 9.44 Å². The Morgan fingerprint density at radius 2 is 0.927 bits per heavy atom. The van der Waals surface area contributed by atoms with Crippen molar-refractivity contribution >= 4 is 97.9 Å². The van der Waals surface area contributed by atoms with Gasteiger partial charge in [-0.2, -0.15) is 0 Å². The Morgan fingerprint density at radius 3 is 1.59 bits per heavy atom. The number of fused-ring (bicyclic) bond motifs is 9. The zero-order valence-corrected chi connectivity index (χ0v) is 23.4. The van der Waals surface area contributed by atoms with Crippen LogP contribution in [0.3, 0.4) is 0 Å². The van der Waals surface area contributed by atoms with Gasteiger partial charge in [-0.15, -0.1) is 22.7 Å². The molecule has 0 atom stereocenters. The lowest BCUT2D eigenvalue weighted by atomic mass is 9.87. The van der Waals surface area contributed by atoms with Gasteiger partial charge in [0.05, 0.1) is 0 Å². The molecule has 6 aromatic carbocycles. The third-order valence-corrected chi connectivity index (χ3v) is 10.7. The molecule has 0 fully saturated rings. The number of rotatable bonds is 3. The average Bonchev–Trinajstić information content (AvgIpc) is 3.72. The maximum absolute atomic E-state index is 9.86. The molecule has 3 heterocycles. The van der Waals surface area contributed by atoms with E-state index in [-0.39, 0.29) is 0 Å². The van der Waals surface area contributed by atoms with Crippen molar-refractivity contribution in [2.45, 2.75) is 0 Å². The fraction of sp³-hybridized carbons (Fsp3) is 0. The van der Waals surface area contributed by atoms with Crippen molar-refractivity contribution in [3.05, 3.63) is 115 Å². The summed E-state index contributed by atoms with van der Waals surface area (Å²) in [5.74, 6) is 0. The normalized spacial score (nSPS) is 12.0. The zero-order chi connectivity index (χ0) is 27.1. The van der Waals surface area contributed by atoms with E-state index in [1.165, 1.54) is 43.3 Å². The van der Waals surface area contributed by atoms with E-state index in [0.29, 0.717) is 0 Å². The van der Waals surface area contributed by atoms with E-state index in [0.717, 1.165) is 54.2 Å². The molecule has 0 spiro atoms. The van der Waals surface area contributed by atoms with Crippen molar-refractivity contribution in [2.24, 2.45) is 0 Å². The SMILES string of the molecule is O[B]c1cccc2c1sc1c(-c3cccc4c3oc3c(-c5cccc6c5sc5ccccc56)cccc34)cccc12. The number of para-hydroxylation sites is 2. The van der Waals surface area contributed by atoms with Crippen LogP contribution in [0.25, 0.3) is 84.5 Å². The maximum atomic E-state index is 9.86. The summed E-state index contributed by atoms with van der Waals surface area (Å²) in [6.07, 6.45) is 0. The molecular weight excluding hydrogens is 539 g/mol. The van der Waals surface area contributed by atoms with Gasteiger partial charge in [0, 0.05) is 68.0 Å². The molecule has 0 saturated carbocycles. The van der Waals surface area contributed by atoms with Crippen LogP contribution < -0.4 is 5.46 Å². The highest BCUT2D eigenvalue weighted by molar-refractivity contribution is 7.27. The second kappa shape index (κ2) is 8.79. The van der Waals surface area contributed by atoms with E-state index in [4.69, 9.17) is 4.42 Å². The predicted octanol–water partition coefficient (Wildman–Crippen LogP) is 9.89. The summed E-state index contributed by atoms with van der Waals surface area (Å²) in [7, 11) is 1.20. The molecule has 5 heteroatoms. The first-order valence-electron chi connectivity index (χ1n) is 13.6. The first-order chi connectivity index (χ1) is 20.3. The molecule has 9 rings (SSSR count). The topological polar surface area (TPSA) is 33.4 Å². The van der Waals surface area contributed by atoms with Crippen LogP contribution in [-0.4, -0.2) is 12.5 Å². The van der Waals surface area contributed by atoms with E-state index < -0.39 is 0 Å². The van der Waals surface area contributed by atoms with Gasteiger partial charge in [0.25, 0.3) is 0 Å². The molecule has 41 heavy (non-hydrogen) atoms. The Balaban J connectivity index is 1.33. The third-order valence-electron chi connectivity index (χ3n) is 8.20. The van der Waals surface area contributed by atoms with Crippen molar-refractivity contribution in [3.63, 3.8) is 0 Å². The summed E-state index contributed by atoms with van der Waals surface area (Å²) < 4.78 is 11.7. The molecular formula is C36H20BO2S2. The lowest BCUT2D eigenvalue weighted by Gasteiger charge is -2.05. The number of furan rings is 1. The van der Waals surface area contributed by atoms with Gasteiger partial charge in [0.15, 0.2) is 0 Å². The summed E-state index contributed by atoms with van der Waals surface area (Å²) >= 11 is 3.57. The number of hydrogen-bond donors (Lipinski definition) is 1. The van der Waals surface area contributed by atoms with Gasteiger partial charge in [0.2, 0.25) is 0 Å². The quantitative estimate of drug-likeness (QED) is 0.219. The third kappa shape index (κ3) is 3.28. The molecule has 0 unspecified atom stereocenters. The maximum Gasteiger partial charge on any atom is 0.328 e. The second-order valence-electron chi connectivity index (χ2n) is 10.4. The number of thiophene rings is 2. The van der Waals surface area contributed by atoms with Crippen molar-refractivity contribution in [2.75, 3.05) is 0 Å². The Labute approximate surface area is 244 Å². The molecule has 2 nitrogen and oxygen atoms in total. The Morgan fingerprint density at radius 1 is 0.439 bits per heavy atom. The minimum absolute atomic E-state index is 0.844.